The molecular formula is C7H6BBrO4. The maximum absolute atomic E-state index is 10.5. The lowest BCUT2D eigenvalue weighted by Gasteiger charge is -2.03. The summed E-state index contributed by atoms with van der Waals surface area (Å²) in [5.41, 5.74) is 0.335. The average Bonchev–Trinajstić information content (AvgIpc) is 2.03. The van der Waals surface area contributed by atoms with Gasteiger partial charge in [0.05, 0.1) is 5.56 Å². The van der Waals surface area contributed by atoms with Gasteiger partial charge in [-0.05, 0) is 17.6 Å². The van der Waals surface area contributed by atoms with Crippen LogP contribution in [0.5, 0.6) is 0 Å². The van der Waals surface area contributed by atoms with Crippen LogP contribution in [0.4, 0.5) is 0 Å². The van der Waals surface area contributed by atoms with Crippen LogP contribution in [0.3, 0.4) is 0 Å². The van der Waals surface area contributed by atoms with E-state index >= 15 is 0 Å². The molecule has 0 saturated carbocycles. The largest absolute Gasteiger partial charge is 0.489 e. The molecule has 0 aliphatic heterocycles. The SMILES string of the molecule is O=C(O)c1ccc(B(O)O)c(Br)c1. The highest BCUT2D eigenvalue weighted by Gasteiger charge is 2.15. The van der Waals surface area contributed by atoms with Crippen LogP contribution in [0.15, 0.2) is 22.7 Å². The van der Waals surface area contributed by atoms with E-state index in [1.807, 2.05) is 0 Å². The summed E-state index contributed by atoms with van der Waals surface area (Å²) in [6, 6.07) is 3.97. The third-order valence-electron chi connectivity index (χ3n) is 1.53. The molecule has 0 fully saturated rings. The lowest BCUT2D eigenvalue weighted by atomic mass is 9.80. The second kappa shape index (κ2) is 3.91. The Morgan fingerprint density at radius 3 is 2.38 bits per heavy atom. The van der Waals surface area contributed by atoms with Crippen molar-refractivity contribution < 1.29 is 19.9 Å². The first-order valence-corrected chi connectivity index (χ1v) is 4.20. The molecule has 6 heteroatoms. The Bertz CT molecular complexity index is 339. The van der Waals surface area contributed by atoms with Crippen LogP contribution >= 0.6 is 15.9 Å². The lowest BCUT2D eigenvalue weighted by molar-refractivity contribution is 0.0697. The van der Waals surface area contributed by atoms with E-state index in [1.165, 1.54) is 18.2 Å². The zero-order valence-corrected chi connectivity index (χ0v) is 8.02. The van der Waals surface area contributed by atoms with Gasteiger partial charge in [-0.3, -0.25) is 0 Å². The Balaban J connectivity index is 3.13. The Kier molecular flexibility index (Phi) is 3.08. The van der Waals surface area contributed by atoms with Gasteiger partial charge in [0.15, 0.2) is 0 Å². The summed E-state index contributed by atoms with van der Waals surface area (Å²) < 4.78 is 0.363. The molecule has 0 atom stereocenters. The monoisotopic (exact) mass is 244 g/mol. The molecule has 0 aliphatic rings. The average molecular weight is 245 g/mol. The van der Waals surface area contributed by atoms with Crippen LogP contribution < -0.4 is 5.46 Å². The van der Waals surface area contributed by atoms with Crippen molar-refractivity contribution in [1.29, 1.82) is 0 Å². The molecule has 0 radical (unpaired) electrons. The van der Waals surface area contributed by atoms with E-state index in [0.717, 1.165) is 0 Å². The third-order valence-corrected chi connectivity index (χ3v) is 2.21. The predicted octanol–water partition coefficient (Wildman–Crippen LogP) is -0.173. The number of aromatic carboxylic acids is 1. The molecule has 0 aliphatic carbocycles. The van der Waals surface area contributed by atoms with E-state index in [0.29, 0.717) is 4.47 Å². The van der Waals surface area contributed by atoms with Crippen molar-refractivity contribution in [2.45, 2.75) is 0 Å². The fraction of sp³-hybridized carbons (Fsp3) is 0. The van der Waals surface area contributed by atoms with Crippen molar-refractivity contribution in [2.75, 3.05) is 0 Å². The summed E-state index contributed by atoms with van der Waals surface area (Å²) in [4.78, 5) is 10.5. The number of carbonyl (C=O) groups is 1. The van der Waals surface area contributed by atoms with Gasteiger partial charge in [0.2, 0.25) is 0 Å². The quantitative estimate of drug-likeness (QED) is 0.632. The van der Waals surface area contributed by atoms with Gasteiger partial charge in [-0.1, -0.05) is 22.0 Å². The molecule has 0 amide bonds. The Labute approximate surface area is 83.1 Å². The molecule has 0 saturated heterocycles. The molecule has 13 heavy (non-hydrogen) atoms. The van der Waals surface area contributed by atoms with Crippen molar-refractivity contribution in [3.8, 4) is 0 Å². The molecule has 0 heterocycles. The molecule has 0 bridgehead atoms. The highest BCUT2D eigenvalue weighted by atomic mass is 79.9. The normalized spacial score (nSPS) is 9.77. The number of benzene rings is 1. The number of halogens is 1. The van der Waals surface area contributed by atoms with E-state index in [9.17, 15) is 4.79 Å². The minimum atomic E-state index is -1.60. The van der Waals surface area contributed by atoms with Gasteiger partial charge < -0.3 is 15.2 Å². The fourth-order valence-electron chi connectivity index (χ4n) is 0.870. The summed E-state index contributed by atoms with van der Waals surface area (Å²) >= 11 is 3.03. The predicted molar refractivity (Wildman–Crippen MR) is 50.9 cm³/mol. The van der Waals surface area contributed by atoms with Gasteiger partial charge in [-0.15, -0.1) is 0 Å². The van der Waals surface area contributed by atoms with Crippen molar-refractivity contribution in [3.05, 3.63) is 28.2 Å². The van der Waals surface area contributed by atoms with E-state index < -0.39 is 13.1 Å². The lowest BCUT2D eigenvalue weighted by Crippen LogP contribution is -2.31. The van der Waals surface area contributed by atoms with Crippen LogP contribution in [-0.2, 0) is 0 Å². The molecule has 1 aromatic rings. The molecular weight excluding hydrogens is 239 g/mol. The second-order valence-electron chi connectivity index (χ2n) is 2.42. The van der Waals surface area contributed by atoms with Crippen LogP contribution in [0.25, 0.3) is 0 Å². The first kappa shape index (κ1) is 10.2. The molecule has 1 aromatic carbocycles. The molecule has 3 N–H and O–H groups in total. The van der Waals surface area contributed by atoms with E-state index in [2.05, 4.69) is 15.9 Å². The molecule has 0 unspecified atom stereocenters. The molecule has 1 rings (SSSR count). The number of hydrogen-bond acceptors (Lipinski definition) is 3. The van der Waals surface area contributed by atoms with E-state index in [1.54, 1.807) is 0 Å². The molecule has 0 aromatic heterocycles. The number of hydrogen-bond donors (Lipinski definition) is 3. The summed E-state index contributed by atoms with van der Waals surface area (Å²) in [5, 5.41) is 26.2. The number of carboxylic acids is 1. The first-order valence-electron chi connectivity index (χ1n) is 3.41. The maximum atomic E-state index is 10.5. The summed E-state index contributed by atoms with van der Waals surface area (Å²) in [6.45, 7) is 0. The van der Waals surface area contributed by atoms with Gasteiger partial charge in [0.25, 0.3) is 0 Å². The zero-order valence-electron chi connectivity index (χ0n) is 6.44. The highest BCUT2D eigenvalue weighted by Crippen LogP contribution is 2.10. The zero-order chi connectivity index (χ0) is 10.0. The highest BCUT2D eigenvalue weighted by molar-refractivity contribution is 9.10. The topological polar surface area (TPSA) is 77.8 Å². The summed E-state index contributed by atoms with van der Waals surface area (Å²) in [6.07, 6.45) is 0. The molecule has 68 valence electrons. The van der Waals surface area contributed by atoms with Gasteiger partial charge >= 0.3 is 13.1 Å². The minimum absolute atomic E-state index is 0.0938. The Morgan fingerprint density at radius 1 is 1.38 bits per heavy atom. The Morgan fingerprint density at radius 2 is 2.00 bits per heavy atom. The second-order valence-corrected chi connectivity index (χ2v) is 3.27. The van der Waals surface area contributed by atoms with Crippen molar-refractivity contribution in [3.63, 3.8) is 0 Å². The van der Waals surface area contributed by atoms with Crippen LogP contribution in [0.2, 0.25) is 0 Å². The summed E-state index contributed by atoms with van der Waals surface area (Å²) in [7, 11) is -1.60. The smallest absolute Gasteiger partial charge is 0.478 e. The molecule has 4 nitrogen and oxygen atoms in total. The number of rotatable bonds is 2. The third kappa shape index (κ3) is 2.30. The van der Waals surface area contributed by atoms with E-state index in [4.69, 9.17) is 15.2 Å². The Hall–Kier alpha value is -0.845. The van der Waals surface area contributed by atoms with Gasteiger partial charge in [-0.2, -0.15) is 0 Å². The maximum Gasteiger partial charge on any atom is 0.489 e. The standard InChI is InChI=1S/C7H6BBrO4/c9-6-3-4(7(10)11)1-2-5(6)8(12)13/h1-3,12-13H,(H,10,11). The fourth-order valence-corrected chi connectivity index (χ4v) is 1.45. The minimum Gasteiger partial charge on any atom is -0.478 e. The number of carboxylic acid groups (broad SMARTS) is 1. The first-order chi connectivity index (χ1) is 6.02. The molecule has 0 spiro atoms. The van der Waals surface area contributed by atoms with Crippen LogP contribution in [0, 0.1) is 0 Å². The summed E-state index contributed by atoms with van der Waals surface area (Å²) in [5.74, 6) is -1.06. The van der Waals surface area contributed by atoms with Gasteiger partial charge in [-0.25, -0.2) is 4.79 Å². The van der Waals surface area contributed by atoms with Crippen LogP contribution in [0.1, 0.15) is 10.4 Å². The van der Waals surface area contributed by atoms with Crippen molar-refractivity contribution in [2.24, 2.45) is 0 Å². The van der Waals surface area contributed by atoms with Gasteiger partial charge in [0.1, 0.15) is 0 Å². The van der Waals surface area contributed by atoms with Crippen LogP contribution in [-0.4, -0.2) is 28.2 Å². The van der Waals surface area contributed by atoms with Crippen molar-refractivity contribution in [1.82, 2.24) is 0 Å². The van der Waals surface area contributed by atoms with Crippen molar-refractivity contribution >= 4 is 34.5 Å². The van der Waals surface area contributed by atoms with E-state index in [-0.39, 0.29) is 11.0 Å². The van der Waals surface area contributed by atoms with Gasteiger partial charge in [0, 0.05) is 4.47 Å².